The molecule has 4 rings (SSSR count). The molecule has 1 saturated carbocycles. The minimum Gasteiger partial charge on any atom is -0.342 e. The number of halogens is 1. The fraction of sp³-hybridized carbons (Fsp3) is 0.500. The second-order valence-electron chi connectivity index (χ2n) is 6.56. The molecule has 128 valence electrons. The monoisotopic (exact) mass is 384 g/mol. The third kappa shape index (κ3) is 3.34. The number of rotatable bonds is 3. The Balaban J connectivity index is 1.61. The molecule has 8 heteroatoms. The predicted octanol–water partition coefficient (Wildman–Crippen LogP) is 2.35. The molecule has 0 bridgehead atoms. The molecule has 24 heavy (non-hydrogen) atoms. The number of hydrogen-bond donors (Lipinski definition) is 0. The van der Waals surface area contributed by atoms with E-state index in [0.29, 0.717) is 16.7 Å². The molecule has 2 heterocycles. The fourth-order valence-electron chi connectivity index (χ4n) is 3.12. The number of carbonyl (C=O) groups is 1. The molecule has 3 fully saturated rings. The van der Waals surface area contributed by atoms with E-state index in [0.717, 1.165) is 18.4 Å². The highest BCUT2D eigenvalue weighted by molar-refractivity contribution is 8.15. The van der Waals surface area contributed by atoms with Crippen LogP contribution in [0.5, 0.6) is 0 Å². The van der Waals surface area contributed by atoms with Gasteiger partial charge in [0.15, 0.2) is 15.0 Å². The Morgan fingerprint density at radius 2 is 1.96 bits per heavy atom. The lowest BCUT2D eigenvalue weighted by molar-refractivity contribution is -0.118. The standard InChI is InChI=1S/C16H17ClN2O3S2/c17-12-5-1-10(2-6-12)7-19-13-8-24(21,22)9-14(13)23-16(19)18-15(20)11-3-4-11/h1-2,5-6,11,13-14H,3-4,7-9H2/t13-,14-/m0/s1. The molecule has 0 N–H and O–H groups in total. The average molecular weight is 385 g/mol. The summed E-state index contributed by atoms with van der Waals surface area (Å²) >= 11 is 7.37. The lowest BCUT2D eigenvalue weighted by Gasteiger charge is -2.24. The molecule has 2 saturated heterocycles. The van der Waals surface area contributed by atoms with Gasteiger partial charge in [-0.3, -0.25) is 4.79 Å². The summed E-state index contributed by atoms with van der Waals surface area (Å²) in [6.07, 6.45) is 1.83. The van der Waals surface area contributed by atoms with Crippen molar-refractivity contribution >= 4 is 44.3 Å². The van der Waals surface area contributed by atoms with E-state index in [-0.39, 0.29) is 34.6 Å². The number of carbonyl (C=O) groups excluding carboxylic acids is 1. The molecule has 1 aromatic carbocycles. The van der Waals surface area contributed by atoms with Crippen LogP contribution in [0.3, 0.4) is 0 Å². The number of hydrogen-bond acceptors (Lipinski definition) is 4. The molecule has 0 spiro atoms. The first-order valence-corrected chi connectivity index (χ1v) is 11.0. The van der Waals surface area contributed by atoms with Crippen molar-refractivity contribution in [1.82, 2.24) is 4.90 Å². The van der Waals surface area contributed by atoms with Crippen LogP contribution < -0.4 is 0 Å². The number of sulfone groups is 1. The maximum atomic E-state index is 12.1. The molecule has 0 unspecified atom stereocenters. The highest BCUT2D eigenvalue weighted by Crippen LogP contribution is 2.40. The first-order valence-electron chi connectivity index (χ1n) is 7.92. The van der Waals surface area contributed by atoms with E-state index in [2.05, 4.69) is 4.99 Å². The molecule has 1 aromatic rings. The zero-order chi connectivity index (χ0) is 16.9. The van der Waals surface area contributed by atoms with Crippen LogP contribution in [0.1, 0.15) is 18.4 Å². The highest BCUT2D eigenvalue weighted by Gasteiger charge is 2.49. The van der Waals surface area contributed by atoms with E-state index in [1.54, 1.807) is 0 Å². The van der Waals surface area contributed by atoms with Gasteiger partial charge in [0.1, 0.15) is 0 Å². The van der Waals surface area contributed by atoms with Gasteiger partial charge in [-0.2, -0.15) is 4.99 Å². The Bertz CT molecular complexity index is 803. The molecule has 2 atom stereocenters. The predicted molar refractivity (Wildman–Crippen MR) is 96.0 cm³/mol. The van der Waals surface area contributed by atoms with Gasteiger partial charge in [0.05, 0.1) is 17.5 Å². The summed E-state index contributed by atoms with van der Waals surface area (Å²) in [7, 11) is -3.02. The minimum atomic E-state index is -3.02. The van der Waals surface area contributed by atoms with Gasteiger partial charge in [-0.25, -0.2) is 8.42 Å². The van der Waals surface area contributed by atoms with Crippen molar-refractivity contribution in [2.75, 3.05) is 11.5 Å². The van der Waals surface area contributed by atoms with Crippen LogP contribution in [0.15, 0.2) is 29.3 Å². The van der Waals surface area contributed by atoms with Crippen LogP contribution in [-0.4, -0.2) is 47.2 Å². The van der Waals surface area contributed by atoms with Gasteiger partial charge in [0, 0.05) is 22.7 Å². The second kappa shape index (κ2) is 6.04. The topological polar surface area (TPSA) is 66.8 Å². The lowest BCUT2D eigenvalue weighted by atomic mass is 10.1. The summed E-state index contributed by atoms with van der Waals surface area (Å²) in [5.74, 6) is 0.298. The Kier molecular flexibility index (Phi) is 4.13. The molecule has 0 aromatic heterocycles. The second-order valence-corrected chi connectivity index (χ2v) is 10.4. The normalized spacial score (nSPS) is 29.9. The van der Waals surface area contributed by atoms with Crippen molar-refractivity contribution in [3.8, 4) is 0 Å². The Morgan fingerprint density at radius 3 is 2.62 bits per heavy atom. The summed E-state index contributed by atoms with van der Waals surface area (Å²) in [4.78, 5) is 18.4. The quantitative estimate of drug-likeness (QED) is 0.800. The zero-order valence-electron chi connectivity index (χ0n) is 12.9. The number of amides is 1. The van der Waals surface area contributed by atoms with E-state index in [9.17, 15) is 13.2 Å². The fourth-order valence-corrected chi connectivity index (χ4v) is 7.21. The number of thioether (sulfide) groups is 1. The first-order chi connectivity index (χ1) is 11.4. The molecule has 5 nitrogen and oxygen atoms in total. The summed E-state index contributed by atoms with van der Waals surface area (Å²) < 4.78 is 23.9. The van der Waals surface area contributed by atoms with Crippen molar-refractivity contribution in [1.29, 1.82) is 0 Å². The van der Waals surface area contributed by atoms with Gasteiger partial charge in [-0.1, -0.05) is 35.5 Å². The number of fused-ring (bicyclic) bond motifs is 1. The van der Waals surface area contributed by atoms with Crippen LogP contribution in [0.25, 0.3) is 0 Å². The Labute approximate surface area is 150 Å². The SMILES string of the molecule is O=C(N=C1S[C@H]2CS(=O)(=O)C[C@@H]2N1Cc1ccc(Cl)cc1)C1CC1. The van der Waals surface area contributed by atoms with Crippen LogP contribution in [0, 0.1) is 5.92 Å². The highest BCUT2D eigenvalue weighted by atomic mass is 35.5. The summed E-state index contributed by atoms with van der Waals surface area (Å²) in [5.41, 5.74) is 1.02. The number of benzene rings is 1. The van der Waals surface area contributed by atoms with Crippen molar-refractivity contribution in [3.05, 3.63) is 34.9 Å². The van der Waals surface area contributed by atoms with Gasteiger partial charge in [-0.05, 0) is 30.5 Å². The molecule has 3 aliphatic rings. The number of amidine groups is 1. The van der Waals surface area contributed by atoms with E-state index in [1.807, 2.05) is 29.2 Å². The minimum absolute atomic E-state index is 0.0342. The van der Waals surface area contributed by atoms with Gasteiger partial charge in [0.25, 0.3) is 5.91 Å². The molecule has 1 amide bonds. The third-order valence-electron chi connectivity index (χ3n) is 4.57. The summed E-state index contributed by atoms with van der Waals surface area (Å²) in [6, 6.07) is 7.36. The molecular weight excluding hydrogens is 368 g/mol. The van der Waals surface area contributed by atoms with E-state index < -0.39 is 9.84 Å². The van der Waals surface area contributed by atoms with Crippen LogP contribution in [-0.2, 0) is 21.2 Å². The van der Waals surface area contributed by atoms with Crippen LogP contribution in [0.2, 0.25) is 5.02 Å². The third-order valence-corrected chi connectivity index (χ3v) is 8.07. The van der Waals surface area contributed by atoms with E-state index in [1.165, 1.54) is 11.8 Å². The molecule has 1 aliphatic carbocycles. The molecule has 2 aliphatic heterocycles. The largest absolute Gasteiger partial charge is 0.342 e. The Hall–Kier alpha value is -1.05. The van der Waals surface area contributed by atoms with Gasteiger partial charge >= 0.3 is 0 Å². The van der Waals surface area contributed by atoms with Crippen molar-refractivity contribution in [2.24, 2.45) is 10.9 Å². The maximum absolute atomic E-state index is 12.1. The van der Waals surface area contributed by atoms with Gasteiger partial charge < -0.3 is 4.90 Å². The first kappa shape index (κ1) is 16.4. The van der Waals surface area contributed by atoms with Crippen molar-refractivity contribution < 1.29 is 13.2 Å². The Morgan fingerprint density at radius 1 is 1.25 bits per heavy atom. The van der Waals surface area contributed by atoms with Gasteiger partial charge in [-0.15, -0.1) is 0 Å². The summed E-state index contributed by atoms with van der Waals surface area (Å²) in [5, 5.41) is 1.30. The van der Waals surface area contributed by atoms with Crippen molar-refractivity contribution in [2.45, 2.75) is 30.7 Å². The van der Waals surface area contributed by atoms with Crippen molar-refractivity contribution in [3.63, 3.8) is 0 Å². The average Bonchev–Trinajstić information content (AvgIpc) is 3.26. The smallest absolute Gasteiger partial charge is 0.251 e. The number of nitrogens with zero attached hydrogens (tertiary/aromatic N) is 2. The maximum Gasteiger partial charge on any atom is 0.251 e. The van der Waals surface area contributed by atoms with E-state index >= 15 is 0 Å². The van der Waals surface area contributed by atoms with Crippen LogP contribution >= 0.6 is 23.4 Å². The molecular formula is C16H17ClN2O3S2. The molecule has 0 radical (unpaired) electrons. The lowest BCUT2D eigenvalue weighted by Crippen LogP contribution is -2.37. The van der Waals surface area contributed by atoms with Crippen LogP contribution in [0.4, 0.5) is 0 Å². The number of aliphatic imine (C=N–C) groups is 1. The zero-order valence-corrected chi connectivity index (χ0v) is 15.3. The summed E-state index contributed by atoms with van der Waals surface area (Å²) in [6.45, 7) is 0.539. The van der Waals surface area contributed by atoms with Gasteiger partial charge in [0.2, 0.25) is 0 Å². The van der Waals surface area contributed by atoms with E-state index in [4.69, 9.17) is 11.6 Å².